The van der Waals surface area contributed by atoms with Gasteiger partial charge < -0.3 is 4.98 Å². The Bertz CT molecular complexity index is 678. The first kappa shape index (κ1) is 11.8. The highest BCUT2D eigenvalue weighted by Gasteiger charge is 2.23. The highest BCUT2D eigenvalue weighted by Crippen LogP contribution is 2.34. The Balaban J connectivity index is 2.04. The fourth-order valence-electron chi connectivity index (χ4n) is 2.41. The number of imidazole rings is 1. The second-order valence-corrected chi connectivity index (χ2v) is 4.65. The molecule has 98 valence electrons. The summed E-state index contributed by atoms with van der Waals surface area (Å²) in [5.41, 5.74) is 1.20. The van der Waals surface area contributed by atoms with Gasteiger partial charge in [-0.1, -0.05) is 6.08 Å². The Morgan fingerprint density at radius 1 is 1.47 bits per heavy atom. The number of rotatable bonds is 2. The number of allylic oxidation sites excluding steroid dienone is 2. The minimum Gasteiger partial charge on any atom is -0.341 e. The molecule has 0 saturated heterocycles. The first-order chi connectivity index (χ1) is 9.15. The number of nitro benzene ring substituents is 1. The van der Waals surface area contributed by atoms with Crippen molar-refractivity contribution >= 4 is 16.7 Å². The molecule has 0 saturated carbocycles. The lowest BCUT2D eigenvalue weighted by Gasteiger charge is -2.16. The molecule has 6 heteroatoms. The van der Waals surface area contributed by atoms with Crippen molar-refractivity contribution in [2.45, 2.75) is 25.2 Å². The number of hydrogen-bond donors (Lipinski definition) is 1. The van der Waals surface area contributed by atoms with Crippen LogP contribution in [0.2, 0.25) is 0 Å². The van der Waals surface area contributed by atoms with Crippen LogP contribution >= 0.6 is 0 Å². The van der Waals surface area contributed by atoms with E-state index >= 15 is 0 Å². The molecule has 1 unspecified atom stereocenters. The summed E-state index contributed by atoms with van der Waals surface area (Å²) >= 11 is 0. The Morgan fingerprint density at radius 3 is 3.05 bits per heavy atom. The highest BCUT2D eigenvalue weighted by molar-refractivity contribution is 5.78. The molecule has 1 aromatic carbocycles. The minimum absolute atomic E-state index is 0.00218. The Morgan fingerprint density at radius 2 is 2.32 bits per heavy atom. The van der Waals surface area contributed by atoms with Crippen molar-refractivity contribution in [2.75, 3.05) is 0 Å². The number of halogens is 1. The largest absolute Gasteiger partial charge is 0.341 e. The van der Waals surface area contributed by atoms with Crippen molar-refractivity contribution in [2.24, 2.45) is 0 Å². The molecule has 0 fully saturated rings. The predicted molar refractivity (Wildman–Crippen MR) is 68.5 cm³/mol. The summed E-state index contributed by atoms with van der Waals surface area (Å²) < 4.78 is 13.8. The molecule has 0 aliphatic heterocycles. The molecule has 1 aromatic heterocycles. The number of fused-ring (bicyclic) bond motifs is 1. The molecule has 5 nitrogen and oxygen atoms in total. The molecule has 0 bridgehead atoms. The van der Waals surface area contributed by atoms with E-state index in [0.29, 0.717) is 23.3 Å². The molecule has 0 amide bonds. The van der Waals surface area contributed by atoms with Crippen LogP contribution in [0.3, 0.4) is 0 Å². The van der Waals surface area contributed by atoms with E-state index in [2.05, 4.69) is 9.97 Å². The van der Waals surface area contributed by atoms with Crippen LogP contribution in [0, 0.1) is 10.1 Å². The van der Waals surface area contributed by atoms with Gasteiger partial charge in [0, 0.05) is 12.1 Å². The molecule has 3 rings (SSSR count). The molecule has 1 aliphatic carbocycles. The van der Waals surface area contributed by atoms with E-state index in [4.69, 9.17) is 0 Å². The topological polar surface area (TPSA) is 71.8 Å². The first-order valence-electron chi connectivity index (χ1n) is 6.15. The molecule has 1 atom stereocenters. The zero-order chi connectivity index (χ0) is 13.4. The van der Waals surface area contributed by atoms with E-state index in [-0.39, 0.29) is 17.4 Å². The van der Waals surface area contributed by atoms with Gasteiger partial charge in [-0.05, 0) is 25.3 Å². The molecular formula is C13H12FN3O2. The van der Waals surface area contributed by atoms with Gasteiger partial charge in [-0.2, -0.15) is 0 Å². The van der Waals surface area contributed by atoms with Crippen molar-refractivity contribution in [1.82, 2.24) is 9.97 Å². The second-order valence-electron chi connectivity index (χ2n) is 4.65. The van der Waals surface area contributed by atoms with E-state index in [1.165, 1.54) is 12.1 Å². The summed E-state index contributed by atoms with van der Waals surface area (Å²) in [5.74, 6) is 0.0314. The third kappa shape index (κ3) is 2.09. The number of nitro groups is 1. The van der Waals surface area contributed by atoms with Crippen molar-refractivity contribution in [3.05, 3.63) is 46.0 Å². The highest BCUT2D eigenvalue weighted by atomic mass is 19.1. The molecule has 1 N–H and O–H groups in total. The lowest BCUT2D eigenvalue weighted by Crippen LogP contribution is -2.05. The van der Waals surface area contributed by atoms with Crippen LogP contribution in [-0.4, -0.2) is 14.9 Å². The number of nitrogens with zero attached hydrogens (tertiary/aromatic N) is 2. The van der Waals surface area contributed by atoms with Crippen LogP contribution in [0.25, 0.3) is 11.0 Å². The van der Waals surface area contributed by atoms with Gasteiger partial charge in [0.1, 0.15) is 11.7 Å². The molecular weight excluding hydrogens is 249 g/mol. The van der Waals surface area contributed by atoms with Gasteiger partial charge in [-0.3, -0.25) is 10.1 Å². The van der Waals surface area contributed by atoms with Gasteiger partial charge in [-0.15, -0.1) is 0 Å². The van der Waals surface area contributed by atoms with Gasteiger partial charge in [-0.25, -0.2) is 9.37 Å². The number of hydrogen-bond acceptors (Lipinski definition) is 3. The molecule has 2 aromatic rings. The van der Waals surface area contributed by atoms with E-state index in [1.54, 1.807) is 12.1 Å². The smallest absolute Gasteiger partial charge is 0.271 e. The lowest BCUT2D eigenvalue weighted by atomic mass is 9.94. The molecule has 1 heterocycles. The van der Waals surface area contributed by atoms with Crippen LogP contribution in [0.1, 0.15) is 31.0 Å². The van der Waals surface area contributed by atoms with Gasteiger partial charge >= 0.3 is 0 Å². The van der Waals surface area contributed by atoms with E-state index in [0.717, 1.165) is 12.8 Å². The number of benzene rings is 1. The van der Waals surface area contributed by atoms with Crippen LogP contribution in [-0.2, 0) is 0 Å². The summed E-state index contributed by atoms with van der Waals surface area (Å²) in [5, 5.41) is 10.7. The Kier molecular flexibility index (Phi) is 2.77. The van der Waals surface area contributed by atoms with Crippen LogP contribution in [0.4, 0.5) is 10.1 Å². The number of H-pyrrole nitrogens is 1. The summed E-state index contributed by atoms with van der Waals surface area (Å²) in [7, 11) is 0. The zero-order valence-electron chi connectivity index (χ0n) is 10.1. The fourth-order valence-corrected chi connectivity index (χ4v) is 2.41. The SMILES string of the molecule is O=[N+]([O-])c1ccc2nc(C3CCCC=C3F)[nH]c2c1. The average Bonchev–Trinajstić information content (AvgIpc) is 2.81. The zero-order valence-corrected chi connectivity index (χ0v) is 10.1. The average molecular weight is 261 g/mol. The van der Waals surface area contributed by atoms with E-state index in [1.807, 2.05) is 0 Å². The van der Waals surface area contributed by atoms with Crippen LogP contribution in [0.5, 0.6) is 0 Å². The van der Waals surface area contributed by atoms with Crippen molar-refractivity contribution < 1.29 is 9.31 Å². The maximum absolute atomic E-state index is 13.8. The lowest BCUT2D eigenvalue weighted by molar-refractivity contribution is -0.384. The molecule has 19 heavy (non-hydrogen) atoms. The normalized spacial score (nSPS) is 19.4. The first-order valence-corrected chi connectivity index (χ1v) is 6.15. The van der Waals surface area contributed by atoms with Crippen molar-refractivity contribution in [1.29, 1.82) is 0 Å². The predicted octanol–water partition coefficient (Wildman–Crippen LogP) is 3.59. The van der Waals surface area contributed by atoms with Gasteiger partial charge in [0.25, 0.3) is 5.69 Å². The molecule has 1 aliphatic rings. The van der Waals surface area contributed by atoms with Crippen molar-refractivity contribution in [3.8, 4) is 0 Å². The third-order valence-electron chi connectivity index (χ3n) is 3.39. The molecule has 0 spiro atoms. The minimum atomic E-state index is -0.457. The van der Waals surface area contributed by atoms with Crippen molar-refractivity contribution in [3.63, 3.8) is 0 Å². The van der Waals surface area contributed by atoms with Crippen LogP contribution in [0.15, 0.2) is 30.1 Å². The fraction of sp³-hybridized carbons (Fsp3) is 0.308. The maximum atomic E-state index is 13.8. The standard InChI is InChI=1S/C13H12FN3O2/c14-10-4-2-1-3-9(10)13-15-11-6-5-8(17(18)19)7-12(11)16-13/h4-7,9H,1-3H2,(H,15,16). The Labute approximate surface area is 108 Å². The third-order valence-corrected chi connectivity index (χ3v) is 3.39. The van der Waals surface area contributed by atoms with E-state index < -0.39 is 4.92 Å². The number of aromatic nitrogens is 2. The van der Waals surface area contributed by atoms with Gasteiger partial charge in [0.2, 0.25) is 0 Å². The van der Waals surface area contributed by atoms with Crippen LogP contribution < -0.4 is 0 Å². The summed E-state index contributed by atoms with van der Waals surface area (Å²) in [6.07, 6.45) is 3.98. The number of nitrogens with one attached hydrogen (secondary N) is 1. The second kappa shape index (κ2) is 4.46. The number of non-ortho nitro benzene ring substituents is 1. The van der Waals surface area contributed by atoms with E-state index in [9.17, 15) is 14.5 Å². The monoisotopic (exact) mass is 261 g/mol. The summed E-state index contributed by atoms with van der Waals surface area (Å²) in [6.45, 7) is 0. The molecule has 0 radical (unpaired) electrons. The quantitative estimate of drug-likeness (QED) is 0.663. The Hall–Kier alpha value is -2.24. The summed E-state index contributed by atoms with van der Waals surface area (Å²) in [6, 6.07) is 4.41. The van der Waals surface area contributed by atoms with Gasteiger partial charge in [0.15, 0.2) is 0 Å². The summed E-state index contributed by atoms with van der Waals surface area (Å²) in [4.78, 5) is 17.6. The maximum Gasteiger partial charge on any atom is 0.271 e. The van der Waals surface area contributed by atoms with Gasteiger partial charge in [0.05, 0.1) is 21.9 Å². The number of aromatic amines is 1.